The summed E-state index contributed by atoms with van der Waals surface area (Å²) < 4.78 is 28.5. The summed E-state index contributed by atoms with van der Waals surface area (Å²) in [6, 6.07) is 20.6. The molecule has 2 N–H and O–H groups in total. The monoisotopic (exact) mass is 527 g/mol. The van der Waals surface area contributed by atoms with Gasteiger partial charge in [-0.1, -0.05) is 65.7 Å². The van der Waals surface area contributed by atoms with E-state index in [4.69, 9.17) is 28.3 Å². The van der Waals surface area contributed by atoms with Crippen LogP contribution in [0.4, 0.5) is 5.69 Å². The predicted octanol–water partition coefficient (Wildman–Crippen LogP) is 6.46. The molecule has 0 aliphatic carbocycles. The fourth-order valence-corrected chi connectivity index (χ4v) is 5.59. The number of aryl methyl sites for hydroxylation is 1. The number of carboxylic acid groups (broad SMARTS) is 1. The maximum atomic E-state index is 13.1. The molecular weight excluding hydrogens is 509 g/mol. The molecule has 0 unspecified atom stereocenters. The van der Waals surface area contributed by atoms with E-state index in [1.165, 1.54) is 24.3 Å². The minimum absolute atomic E-state index is 0.0807. The molecule has 4 rings (SSSR count). The summed E-state index contributed by atoms with van der Waals surface area (Å²) in [6.07, 6.45) is 0.539. The van der Waals surface area contributed by atoms with Crippen LogP contribution in [0.1, 0.15) is 32.7 Å². The van der Waals surface area contributed by atoms with Crippen molar-refractivity contribution in [3.8, 4) is 0 Å². The molecule has 0 fully saturated rings. The molecule has 0 saturated heterocycles. The number of hydrogen-bond acceptors (Lipinski definition) is 4. The number of carboxylic acids is 1. The highest BCUT2D eigenvalue weighted by molar-refractivity contribution is 7.92. The van der Waals surface area contributed by atoms with Gasteiger partial charge in [-0.3, -0.25) is 9.52 Å². The van der Waals surface area contributed by atoms with Gasteiger partial charge in [0.25, 0.3) is 10.0 Å². The average Bonchev–Trinajstić information content (AvgIpc) is 2.82. The molecule has 4 aromatic carbocycles. The Bertz CT molecular complexity index is 1550. The first-order valence-electron chi connectivity index (χ1n) is 10.5. The topological polar surface area (TPSA) is 101 Å². The lowest BCUT2D eigenvalue weighted by atomic mass is 9.96. The number of fused-ring (bicyclic) bond motifs is 1. The van der Waals surface area contributed by atoms with E-state index in [2.05, 4.69) is 4.72 Å². The van der Waals surface area contributed by atoms with E-state index in [9.17, 15) is 18.0 Å². The predicted molar refractivity (Wildman–Crippen MR) is 137 cm³/mol. The van der Waals surface area contributed by atoms with Gasteiger partial charge in [0.2, 0.25) is 0 Å². The molecule has 0 heterocycles. The Kier molecular flexibility index (Phi) is 7.12. The van der Waals surface area contributed by atoms with Gasteiger partial charge in [-0.2, -0.15) is 0 Å². The van der Waals surface area contributed by atoms with Crippen LogP contribution in [-0.4, -0.2) is 25.3 Å². The zero-order chi connectivity index (χ0) is 25.2. The van der Waals surface area contributed by atoms with E-state index < -0.39 is 16.0 Å². The van der Waals surface area contributed by atoms with E-state index in [-0.39, 0.29) is 32.7 Å². The van der Waals surface area contributed by atoms with Crippen LogP contribution in [0.25, 0.3) is 10.8 Å². The smallest absolute Gasteiger partial charge is 0.335 e. The van der Waals surface area contributed by atoms with E-state index in [1.807, 2.05) is 0 Å². The van der Waals surface area contributed by atoms with Crippen molar-refractivity contribution in [1.29, 1.82) is 0 Å². The second kappa shape index (κ2) is 10.1. The van der Waals surface area contributed by atoms with Crippen molar-refractivity contribution < 1.29 is 23.1 Å². The fraction of sp³-hybridized carbons (Fsp3) is 0.0769. The first kappa shape index (κ1) is 24.7. The minimum Gasteiger partial charge on any atom is -0.478 e. The third-order valence-corrected chi connectivity index (χ3v) is 7.21. The van der Waals surface area contributed by atoms with Crippen LogP contribution in [0.3, 0.4) is 0 Å². The van der Waals surface area contributed by atoms with E-state index in [0.29, 0.717) is 28.4 Å². The van der Waals surface area contributed by atoms with Gasteiger partial charge in [0.15, 0.2) is 5.78 Å². The first-order valence-corrected chi connectivity index (χ1v) is 12.7. The maximum absolute atomic E-state index is 13.1. The van der Waals surface area contributed by atoms with Gasteiger partial charge < -0.3 is 5.11 Å². The van der Waals surface area contributed by atoms with Gasteiger partial charge >= 0.3 is 5.97 Å². The maximum Gasteiger partial charge on any atom is 0.335 e. The van der Waals surface area contributed by atoms with Gasteiger partial charge in [-0.25, -0.2) is 13.2 Å². The SMILES string of the molecule is O=C(O)c1cccc(CCC(=O)c2cccc3c(NS(=O)(=O)c4cc(Cl)cc(Cl)c4)cccc23)c1. The van der Waals surface area contributed by atoms with Crippen molar-refractivity contribution in [3.63, 3.8) is 0 Å². The number of hydrogen-bond donors (Lipinski definition) is 2. The molecule has 9 heteroatoms. The number of ketones is 1. The quantitative estimate of drug-likeness (QED) is 0.256. The van der Waals surface area contributed by atoms with Crippen molar-refractivity contribution in [1.82, 2.24) is 0 Å². The number of aromatic carboxylic acids is 1. The molecule has 178 valence electrons. The summed E-state index contributed by atoms with van der Waals surface area (Å²) in [4.78, 5) is 24.2. The van der Waals surface area contributed by atoms with Crippen LogP contribution in [0, 0.1) is 0 Å². The third-order valence-electron chi connectivity index (χ3n) is 5.43. The fourth-order valence-electron chi connectivity index (χ4n) is 3.78. The summed E-state index contributed by atoms with van der Waals surface area (Å²) in [7, 11) is -3.99. The van der Waals surface area contributed by atoms with Crippen molar-refractivity contribution >= 4 is 61.4 Å². The summed E-state index contributed by atoms with van der Waals surface area (Å²) in [5.74, 6) is -1.17. The number of carbonyl (C=O) groups excluding carboxylic acids is 1. The molecule has 0 spiro atoms. The summed E-state index contributed by atoms with van der Waals surface area (Å²) >= 11 is 11.9. The van der Waals surface area contributed by atoms with E-state index in [0.717, 1.165) is 5.56 Å². The van der Waals surface area contributed by atoms with Crippen LogP contribution < -0.4 is 4.72 Å². The summed E-state index contributed by atoms with van der Waals surface area (Å²) in [5.41, 5.74) is 1.66. The second-order valence-corrected chi connectivity index (χ2v) is 10.4. The molecule has 35 heavy (non-hydrogen) atoms. The Morgan fingerprint density at radius 2 is 1.49 bits per heavy atom. The standard InChI is InChI=1S/C26H19Cl2NO5S/c27-18-13-19(28)15-20(14-18)35(33,34)29-24-9-3-6-21-22(24)7-2-8-23(21)25(30)11-10-16-4-1-5-17(12-16)26(31)32/h1-9,12-15,29H,10-11H2,(H,31,32). The molecule has 0 bridgehead atoms. The van der Waals surface area contributed by atoms with Gasteiger partial charge in [0.1, 0.15) is 0 Å². The van der Waals surface area contributed by atoms with Crippen LogP contribution in [-0.2, 0) is 16.4 Å². The lowest BCUT2D eigenvalue weighted by molar-refractivity contribution is 0.0696. The van der Waals surface area contributed by atoms with E-state index >= 15 is 0 Å². The first-order chi connectivity index (χ1) is 16.6. The highest BCUT2D eigenvalue weighted by atomic mass is 35.5. The number of nitrogens with one attached hydrogen (secondary N) is 1. The van der Waals surface area contributed by atoms with Crippen LogP contribution in [0.5, 0.6) is 0 Å². The highest BCUT2D eigenvalue weighted by Crippen LogP contribution is 2.30. The van der Waals surface area contributed by atoms with Crippen molar-refractivity contribution in [2.75, 3.05) is 4.72 Å². The normalized spacial score (nSPS) is 11.4. The summed E-state index contributed by atoms with van der Waals surface area (Å²) in [6.45, 7) is 0. The number of rotatable bonds is 8. The third kappa shape index (κ3) is 5.65. The van der Waals surface area contributed by atoms with Crippen LogP contribution in [0.2, 0.25) is 10.0 Å². The minimum atomic E-state index is -3.99. The number of halogens is 2. The lowest BCUT2D eigenvalue weighted by Crippen LogP contribution is -2.13. The van der Waals surface area contributed by atoms with Gasteiger partial charge in [0.05, 0.1) is 16.1 Å². The van der Waals surface area contributed by atoms with Crippen molar-refractivity contribution in [2.45, 2.75) is 17.7 Å². The molecule has 0 radical (unpaired) electrons. The number of benzene rings is 4. The molecule has 0 aliphatic heterocycles. The highest BCUT2D eigenvalue weighted by Gasteiger charge is 2.18. The zero-order valence-corrected chi connectivity index (χ0v) is 20.5. The Morgan fingerprint density at radius 3 is 2.20 bits per heavy atom. The Balaban J connectivity index is 1.62. The Labute approximate surface area is 212 Å². The molecular formula is C26H19Cl2NO5S. The number of carbonyl (C=O) groups is 2. The molecule has 0 aromatic heterocycles. The number of Topliss-reactive ketones (excluding diaryl/α,β-unsaturated/α-hetero) is 1. The summed E-state index contributed by atoms with van der Waals surface area (Å²) in [5, 5.41) is 10.7. The van der Waals surface area contributed by atoms with Crippen molar-refractivity contribution in [3.05, 3.63) is 106 Å². The van der Waals surface area contributed by atoms with Gasteiger partial charge in [-0.15, -0.1) is 0 Å². The molecule has 0 aliphatic rings. The second-order valence-electron chi connectivity index (χ2n) is 7.85. The Hall–Kier alpha value is -3.39. The Morgan fingerprint density at radius 1 is 0.829 bits per heavy atom. The largest absolute Gasteiger partial charge is 0.478 e. The molecule has 4 aromatic rings. The molecule has 0 atom stereocenters. The van der Waals surface area contributed by atoms with E-state index in [1.54, 1.807) is 54.6 Å². The average molecular weight is 528 g/mol. The molecule has 0 saturated carbocycles. The van der Waals surface area contributed by atoms with Crippen LogP contribution in [0.15, 0.2) is 83.8 Å². The zero-order valence-electron chi connectivity index (χ0n) is 18.2. The lowest BCUT2D eigenvalue weighted by Gasteiger charge is -2.13. The van der Waals surface area contributed by atoms with Gasteiger partial charge in [-0.05, 0) is 53.8 Å². The van der Waals surface area contributed by atoms with Crippen LogP contribution >= 0.6 is 23.2 Å². The molecule has 6 nitrogen and oxygen atoms in total. The van der Waals surface area contributed by atoms with Crippen molar-refractivity contribution in [2.24, 2.45) is 0 Å². The number of anilines is 1. The number of sulfonamides is 1. The molecule has 0 amide bonds. The van der Waals surface area contributed by atoms with Gasteiger partial charge in [0, 0.05) is 27.4 Å².